The molecule has 0 spiro atoms. The third kappa shape index (κ3) is 4.52. The van der Waals surface area contributed by atoms with E-state index in [4.69, 9.17) is 10.5 Å². The number of phenols is 1. The molecule has 0 aliphatic rings. The van der Waals surface area contributed by atoms with Gasteiger partial charge >= 0.3 is 0 Å². The summed E-state index contributed by atoms with van der Waals surface area (Å²) in [5.74, 6) is 0.611. The van der Waals surface area contributed by atoms with E-state index in [1.807, 2.05) is 57.2 Å². The average molecular weight is 440 g/mol. The van der Waals surface area contributed by atoms with Gasteiger partial charge in [-0.05, 0) is 80.4 Å². The summed E-state index contributed by atoms with van der Waals surface area (Å²) in [6.07, 6.45) is 0. The van der Waals surface area contributed by atoms with Gasteiger partial charge in [0.2, 0.25) is 0 Å². The first-order chi connectivity index (χ1) is 15.9. The summed E-state index contributed by atoms with van der Waals surface area (Å²) in [7, 11) is 1.59. The van der Waals surface area contributed by atoms with E-state index in [0.29, 0.717) is 45.0 Å². The summed E-state index contributed by atoms with van der Waals surface area (Å²) >= 11 is 0. The van der Waals surface area contributed by atoms with Crippen molar-refractivity contribution in [3.8, 4) is 11.5 Å². The van der Waals surface area contributed by atoms with Crippen LogP contribution in [0.2, 0.25) is 0 Å². The molecule has 7 nitrogen and oxygen atoms in total. The first-order valence-corrected chi connectivity index (χ1v) is 10.5. The first kappa shape index (κ1) is 22.0. The molecular formula is C26H25N5O2. The fourth-order valence-corrected chi connectivity index (χ4v) is 3.41. The van der Waals surface area contributed by atoms with E-state index in [9.17, 15) is 5.11 Å². The lowest BCUT2D eigenvalue weighted by Gasteiger charge is -2.09. The molecule has 0 radical (unpaired) electrons. The Balaban J connectivity index is 1.73. The van der Waals surface area contributed by atoms with Crippen LogP contribution >= 0.6 is 0 Å². The highest BCUT2D eigenvalue weighted by molar-refractivity contribution is 6.03. The molecule has 33 heavy (non-hydrogen) atoms. The van der Waals surface area contributed by atoms with Gasteiger partial charge in [-0.25, -0.2) is 0 Å². The largest absolute Gasteiger partial charge is 0.505 e. The van der Waals surface area contributed by atoms with Gasteiger partial charge in [0.05, 0.1) is 18.5 Å². The Morgan fingerprint density at radius 3 is 2.12 bits per heavy atom. The van der Waals surface area contributed by atoms with Gasteiger partial charge in [-0.3, -0.25) is 0 Å². The van der Waals surface area contributed by atoms with E-state index >= 15 is 0 Å². The summed E-state index contributed by atoms with van der Waals surface area (Å²) in [6.45, 7) is 6.02. The van der Waals surface area contributed by atoms with Crippen LogP contribution in [0.3, 0.4) is 0 Å². The van der Waals surface area contributed by atoms with Gasteiger partial charge in [-0.2, -0.15) is 5.11 Å². The van der Waals surface area contributed by atoms with Crippen molar-refractivity contribution in [1.82, 2.24) is 0 Å². The number of fused-ring (bicyclic) bond motifs is 1. The highest BCUT2D eigenvalue weighted by Crippen LogP contribution is 2.42. The molecule has 0 fully saturated rings. The number of phenolic OH excluding ortho intramolecular Hbond substituents is 1. The smallest absolute Gasteiger partial charge is 0.150 e. The van der Waals surface area contributed by atoms with Crippen molar-refractivity contribution in [3.63, 3.8) is 0 Å². The second kappa shape index (κ2) is 9.08. The monoisotopic (exact) mass is 439 g/mol. The Hall–Kier alpha value is -4.26. The lowest BCUT2D eigenvalue weighted by atomic mass is 10.1. The number of hydrogen-bond acceptors (Lipinski definition) is 7. The van der Waals surface area contributed by atoms with Gasteiger partial charge in [0.15, 0.2) is 5.75 Å². The number of anilines is 1. The number of azo groups is 2. The van der Waals surface area contributed by atoms with Crippen LogP contribution in [0.1, 0.15) is 16.7 Å². The zero-order chi connectivity index (χ0) is 23.5. The number of methoxy groups -OCH3 is 1. The van der Waals surface area contributed by atoms with E-state index in [1.165, 1.54) is 0 Å². The topological polar surface area (TPSA) is 105 Å². The Labute approximate surface area is 192 Å². The van der Waals surface area contributed by atoms with Crippen molar-refractivity contribution < 1.29 is 9.84 Å². The molecule has 0 aliphatic carbocycles. The number of benzene rings is 4. The Bertz CT molecular complexity index is 1390. The van der Waals surface area contributed by atoms with Crippen LogP contribution in [0, 0.1) is 20.8 Å². The predicted octanol–water partition coefficient (Wildman–Crippen LogP) is 7.89. The molecule has 3 N–H and O–H groups in total. The Kier molecular flexibility index (Phi) is 6.04. The highest BCUT2D eigenvalue weighted by atomic mass is 16.5. The summed E-state index contributed by atoms with van der Waals surface area (Å²) < 4.78 is 5.42. The zero-order valence-electron chi connectivity index (χ0n) is 19.0. The van der Waals surface area contributed by atoms with Crippen molar-refractivity contribution in [2.24, 2.45) is 20.5 Å². The minimum atomic E-state index is -0.00848. The average Bonchev–Trinajstić information content (AvgIpc) is 2.81. The van der Waals surface area contributed by atoms with Gasteiger partial charge in [0.1, 0.15) is 22.8 Å². The molecular weight excluding hydrogens is 414 g/mol. The van der Waals surface area contributed by atoms with Crippen LogP contribution in [-0.2, 0) is 0 Å². The van der Waals surface area contributed by atoms with Gasteiger partial charge in [-0.1, -0.05) is 17.7 Å². The van der Waals surface area contributed by atoms with Gasteiger partial charge in [-0.15, -0.1) is 15.3 Å². The molecule has 4 aromatic rings. The van der Waals surface area contributed by atoms with Crippen LogP contribution in [-0.4, -0.2) is 12.2 Å². The lowest BCUT2D eigenvalue weighted by Crippen LogP contribution is -1.87. The van der Waals surface area contributed by atoms with E-state index in [0.717, 1.165) is 16.7 Å². The van der Waals surface area contributed by atoms with Crippen molar-refractivity contribution >= 4 is 39.2 Å². The maximum atomic E-state index is 10.9. The molecule has 0 heterocycles. The van der Waals surface area contributed by atoms with E-state index in [-0.39, 0.29) is 5.75 Å². The van der Waals surface area contributed by atoms with Crippen molar-refractivity contribution in [1.29, 1.82) is 0 Å². The molecule has 0 bridgehead atoms. The van der Waals surface area contributed by atoms with Crippen LogP contribution in [0.5, 0.6) is 11.5 Å². The van der Waals surface area contributed by atoms with Crippen LogP contribution in [0.4, 0.5) is 28.4 Å². The fourth-order valence-electron chi connectivity index (χ4n) is 3.41. The molecule has 0 aliphatic heterocycles. The Morgan fingerprint density at radius 2 is 1.39 bits per heavy atom. The van der Waals surface area contributed by atoms with Crippen LogP contribution in [0.25, 0.3) is 10.8 Å². The normalized spacial score (nSPS) is 11.6. The second-order valence-electron chi connectivity index (χ2n) is 7.88. The molecule has 166 valence electrons. The van der Waals surface area contributed by atoms with Crippen LogP contribution in [0.15, 0.2) is 81.1 Å². The van der Waals surface area contributed by atoms with Crippen molar-refractivity contribution in [3.05, 3.63) is 77.4 Å². The molecule has 0 aromatic heterocycles. The number of aromatic hydroxyl groups is 1. The first-order valence-electron chi connectivity index (χ1n) is 10.5. The van der Waals surface area contributed by atoms with E-state index in [1.54, 1.807) is 31.4 Å². The third-order valence-corrected chi connectivity index (χ3v) is 5.51. The Morgan fingerprint density at radius 1 is 0.727 bits per heavy atom. The van der Waals surface area contributed by atoms with E-state index in [2.05, 4.69) is 20.5 Å². The van der Waals surface area contributed by atoms with Crippen LogP contribution < -0.4 is 10.5 Å². The minimum absolute atomic E-state index is 0.00848. The quantitative estimate of drug-likeness (QED) is 0.244. The predicted molar refractivity (Wildman–Crippen MR) is 132 cm³/mol. The van der Waals surface area contributed by atoms with Crippen molar-refractivity contribution in [2.45, 2.75) is 20.8 Å². The second-order valence-corrected chi connectivity index (χ2v) is 7.88. The number of nitrogen functional groups attached to an aromatic ring is 1. The standard InChI is InChI=1S/C26H25N5O2/c1-15-5-7-18(8-6-15)28-31-25-19-10-12-22(26(32)20(19)9-11-21(25)27)29-30-23-13-16(2)17(3)14-24(23)33-4/h5-14,32H,27H2,1-4H3. The molecule has 0 amide bonds. The minimum Gasteiger partial charge on any atom is -0.505 e. The number of hydrogen-bond donors (Lipinski definition) is 2. The SMILES string of the molecule is COc1cc(C)c(C)cc1N=Nc1ccc2c(N=Nc3ccc(C)cc3)c(N)ccc2c1O. The molecule has 7 heteroatoms. The van der Waals surface area contributed by atoms with Gasteiger partial charge in [0, 0.05) is 10.8 Å². The molecule has 0 saturated heterocycles. The summed E-state index contributed by atoms with van der Waals surface area (Å²) in [5, 5.41) is 29.4. The van der Waals surface area contributed by atoms with E-state index < -0.39 is 0 Å². The summed E-state index contributed by atoms with van der Waals surface area (Å²) in [4.78, 5) is 0. The maximum absolute atomic E-state index is 10.9. The maximum Gasteiger partial charge on any atom is 0.150 e. The molecule has 0 saturated carbocycles. The molecule has 4 aromatic carbocycles. The summed E-state index contributed by atoms with van der Waals surface area (Å²) in [5.41, 5.74) is 12.1. The summed E-state index contributed by atoms with van der Waals surface area (Å²) in [6, 6.07) is 18.4. The molecule has 0 unspecified atom stereocenters. The number of ether oxygens (including phenoxy) is 1. The van der Waals surface area contributed by atoms with Gasteiger partial charge < -0.3 is 15.6 Å². The third-order valence-electron chi connectivity index (χ3n) is 5.51. The number of nitrogens with zero attached hydrogens (tertiary/aromatic N) is 4. The number of nitrogens with two attached hydrogens (primary N) is 1. The van der Waals surface area contributed by atoms with Gasteiger partial charge in [0.25, 0.3) is 0 Å². The van der Waals surface area contributed by atoms with Crippen molar-refractivity contribution in [2.75, 3.05) is 12.8 Å². The molecule has 0 atom stereocenters. The molecule has 4 rings (SSSR count). The lowest BCUT2D eigenvalue weighted by molar-refractivity contribution is 0.415. The highest BCUT2D eigenvalue weighted by Gasteiger charge is 2.12. The zero-order valence-corrected chi connectivity index (χ0v) is 19.0. The fraction of sp³-hybridized carbons (Fsp3) is 0.154. The number of rotatable bonds is 5. The number of aryl methyl sites for hydroxylation is 3.